The molecule has 0 aliphatic heterocycles. The van der Waals surface area contributed by atoms with Gasteiger partial charge in [-0.2, -0.15) is 0 Å². The molecule has 0 unspecified atom stereocenters. The summed E-state index contributed by atoms with van der Waals surface area (Å²) in [6, 6.07) is 6.25. The number of oxazole rings is 1. The fraction of sp³-hybridized carbons (Fsp3) is 0.500. The van der Waals surface area contributed by atoms with E-state index in [0.29, 0.717) is 5.92 Å². The number of benzene rings is 1. The zero-order valence-corrected chi connectivity index (χ0v) is 10.2. The molecule has 1 aliphatic rings. The van der Waals surface area contributed by atoms with E-state index in [2.05, 4.69) is 22.4 Å². The molecule has 1 fully saturated rings. The minimum Gasteiger partial charge on any atom is -0.440 e. The molecule has 3 rings (SSSR count). The summed E-state index contributed by atoms with van der Waals surface area (Å²) in [5.74, 6) is 1.49. The first-order valence-electron chi connectivity index (χ1n) is 6.41. The molecule has 1 aliphatic carbocycles. The number of hydrogen-bond acceptors (Lipinski definition) is 3. The van der Waals surface area contributed by atoms with E-state index in [9.17, 15) is 0 Å². The van der Waals surface area contributed by atoms with Crippen LogP contribution in [0.25, 0.3) is 11.1 Å². The van der Waals surface area contributed by atoms with Crippen molar-refractivity contribution in [2.45, 2.75) is 38.1 Å². The van der Waals surface area contributed by atoms with Gasteiger partial charge in [0.25, 0.3) is 0 Å². The van der Waals surface area contributed by atoms with Crippen LogP contribution in [-0.2, 0) is 6.54 Å². The summed E-state index contributed by atoms with van der Waals surface area (Å²) in [4.78, 5) is 4.64. The van der Waals surface area contributed by atoms with Crippen molar-refractivity contribution in [3.05, 3.63) is 29.7 Å². The molecule has 1 heterocycles. The maximum Gasteiger partial charge on any atom is 0.198 e. The first kappa shape index (κ1) is 10.8. The van der Waals surface area contributed by atoms with Gasteiger partial charge in [0.1, 0.15) is 5.52 Å². The van der Waals surface area contributed by atoms with Crippen molar-refractivity contribution in [3.63, 3.8) is 0 Å². The maximum atomic E-state index is 5.85. The van der Waals surface area contributed by atoms with Crippen molar-refractivity contribution in [2.75, 3.05) is 7.05 Å². The number of rotatable bonds is 3. The Morgan fingerprint density at radius 1 is 1.35 bits per heavy atom. The van der Waals surface area contributed by atoms with Gasteiger partial charge >= 0.3 is 0 Å². The molecule has 3 heteroatoms. The summed E-state index contributed by atoms with van der Waals surface area (Å²) >= 11 is 0. The van der Waals surface area contributed by atoms with Crippen LogP contribution >= 0.6 is 0 Å². The van der Waals surface area contributed by atoms with E-state index in [1.165, 1.54) is 31.2 Å². The van der Waals surface area contributed by atoms with Crippen molar-refractivity contribution >= 4 is 11.1 Å². The molecule has 1 aromatic heterocycles. The molecular formula is C14H18N2O. The molecule has 0 spiro atoms. The average Bonchev–Trinajstić information content (AvgIpc) is 2.97. The topological polar surface area (TPSA) is 38.1 Å². The molecule has 0 radical (unpaired) electrons. The van der Waals surface area contributed by atoms with Crippen molar-refractivity contribution < 1.29 is 4.42 Å². The summed E-state index contributed by atoms with van der Waals surface area (Å²) in [5, 5.41) is 3.15. The quantitative estimate of drug-likeness (QED) is 0.879. The van der Waals surface area contributed by atoms with Gasteiger partial charge in [-0.1, -0.05) is 18.9 Å². The Morgan fingerprint density at radius 3 is 2.94 bits per heavy atom. The fourth-order valence-electron chi connectivity index (χ4n) is 2.65. The van der Waals surface area contributed by atoms with E-state index in [-0.39, 0.29) is 0 Å². The van der Waals surface area contributed by atoms with Gasteiger partial charge in [-0.25, -0.2) is 4.98 Å². The number of nitrogens with zero attached hydrogens (tertiary/aromatic N) is 1. The maximum absolute atomic E-state index is 5.85. The van der Waals surface area contributed by atoms with Crippen LogP contribution in [0.3, 0.4) is 0 Å². The van der Waals surface area contributed by atoms with E-state index >= 15 is 0 Å². The standard InChI is InChI=1S/C14H18N2O/c1-15-9-10-6-7-13-12(8-10)16-14(17-13)11-4-2-3-5-11/h6-8,11,15H,2-5,9H2,1H3. The van der Waals surface area contributed by atoms with E-state index in [0.717, 1.165) is 23.5 Å². The largest absolute Gasteiger partial charge is 0.440 e. The molecular weight excluding hydrogens is 212 g/mol. The third-order valence-corrected chi connectivity index (χ3v) is 3.55. The van der Waals surface area contributed by atoms with Crippen molar-refractivity contribution in [1.29, 1.82) is 0 Å². The van der Waals surface area contributed by atoms with Gasteiger partial charge < -0.3 is 9.73 Å². The Kier molecular flexibility index (Phi) is 2.85. The minimum atomic E-state index is 0.551. The number of aromatic nitrogens is 1. The lowest BCUT2D eigenvalue weighted by atomic mass is 10.1. The first-order chi connectivity index (χ1) is 8.36. The SMILES string of the molecule is CNCc1ccc2oc(C3CCCC3)nc2c1. The molecule has 90 valence electrons. The third-order valence-electron chi connectivity index (χ3n) is 3.55. The molecule has 0 atom stereocenters. The second kappa shape index (κ2) is 4.49. The average molecular weight is 230 g/mol. The highest BCUT2D eigenvalue weighted by atomic mass is 16.3. The second-order valence-corrected chi connectivity index (χ2v) is 4.87. The van der Waals surface area contributed by atoms with Crippen LogP contribution < -0.4 is 5.32 Å². The molecule has 17 heavy (non-hydrogen) atoms. The monoisotopic (exact) mass is 230 g/mol. The summed E-state index contributed by atoms with van der Waals surface area (Å²) < 4.78 is 5.85. The van der Waals surface area contributed by atoms with E-state index in [1.807, 2.05) is 13.1 Å². The fourth-order valence-corrected chi connectivity index (χ4v) is 2.65. The molecule has 1 saturated carbocycles. The highest BCUT2D eigenvalue weighted by molar-refractivity contribution is 5.73. The number of fused-ring (bicyclic) bond motifs is 1. The predicted octanol–water partition coefficient (Wildman–Crippen LogP) is 3.20. The highest BCUT2D eigenvalue weighted by Crippen LogP contribution is 2.35. The van der Waals surface area contributed by atoms with Crippen LogP contribution in [0.2, 0.25) is 0 Å². The van der Waals surface area contributed by atoms with Gasteiger partial charge in [-0.05, 0) is 37.6 Å². The Morgan fingerprint density at radius 2 is 2.18 bits per heavy atom. The van der Waals surface area contributed by atoms with E-state index in [4.69, 9.17) is 4.42 Å². The molecule has 0 saturated heterocycles. The summed E-state index contributed by atoms with van der Waals surface area (Å²) in [6.45, 7) is 0.877. The summed E-state index contributed by atoms with van der Waals surface area (Å²) in [5.41, 5.74) is 3.18. The van der Waals surface area contributed by atoms with E-state index in [1.54, 1.807) is 0 Å². The Labute approximate surface area is 101 Å². The summed E-state index contributed by atoms with van der Waals surface area (Å²) in [6.07, 6.45) is 5.09. The van der Waals surface area contributed by atoms with Crippen molar-refractivity contribution in [1.82, 2.24) is 10.3 Å². The summed E-state index contributed by atoms with van der Waals surface area (Å²) in [7, 11) is 1.96. The van der Waals surface area contributed by atoms with Gasteiger partial charge in [0, 0.05) is 12.5 Å². The second-order valence-electron chi connectivity index (χ2n) is 4.87. The zero-order valence-electron chi connectivity index (χ0n) is 10.2. The van der Waals surface area contributed by atoms with Gasteiger partial charge in [-0.15, -0.1) is 0 Å². The van der Waals surface area contributed by atoms with Crippen LogP contribution in [0.1, 0.15) is 43.1 Å². The number of nitrogens with one attached hydrogen (secondary N) is 1. The third kappa shape index (κ3) is 2.07. The first-order valence-corrected chi connectivity index (χ1v) is 6.41. The lowest BCUT2D eigenvalue weighted by Crippen LogP contribution is -2.04. The van der Waals surface area contributed by atoms with Gasteiger partial charge in [-0.3, -0.25) is 0 Å². The van der Waals surface area contributed by atoms with Crippen molar-refractivity contribution in [2.24, 2.45) is 0 Å². The van der Waals surface area contributed by atoms with Gasteiger partial charge in [0.15, 0.2) is 11.5 Å². The molecule has 1 N–H and O–H groups in total. The smallest absolute Gasteiger partial charge is 0.198 e. The molecule has 1 aromatic carbocycles. The van der Waals surface area contributed by atoms with Crippen LogP contribution in [0, 0.1) is 0 Å². The van der Waals surface area contributed by atoms with Crippen molar-refractivity contribution in [3.8, 4) is 0 Å². The molecule has 3 nitrogen and oxygen atoms in total. The number of hydrogen-bond donors (Lipinski definition) is 1. The lowest BCUT2D eigenvalue weighted by molar-refractivity contribution is 0.474. The van der Waals surface area contributed by atoms with E-state index < -0.39 is 0 Å². The molecule has 0 bridgehead atoms. The van der Waals surface area contributed by atoms with Crippen LogP contribution in [0.5, 0.6) is 0 Å². The van der Waals surface area contributed by atoms with Gasteiger partial charge in [0.2, 0.25) is 0 Å². The molecule has 0 amide bonds. The normalized spacial score (nSPS) is 17.0. The van der Waals surface area contributed by atoms with Gasteiger partial charge in [0.05, 0.1) is 0 Å². The predicted molar refractivity (Wildman–Crippen MR) is 68.0 cm³/mol. The van der Waals surface area contributed by atoms with Crippen LogP contribution in [0.4, 0.5) is 0 Å². The molecule has 2 aromatic rings. The Balaban J connectivity index is 1.94. The highest BCUT2D eigenvalue weighted by Gasteiger charge is 2.22. The Hall–Kier alpha value is -1.35. The van der Waals surface area contributed by atoms with Crippen LogP contribution in [-0.4, -0.2) is 12.0 Å². The lowest BCUT2D eigenvalue weighted by Gasteiger charge is -2.00. The van der Waals surface area contributed by atoms with Crippen LogP contribution in [0.15, 0.2) is 22.6 Å². The zero-order chi connectivity index (χ0) is 11.7. The minimum absolute atomic E-state index is 0.551. The Bertz CT molecular complexity index is 512.